The summed E-state index contributed by atoms with van der Waals surface area (Å²) in [5.74, 6) is 0.617. The highest BCUT2D eigenvalue weighted by Crippen LogP contribution is 2.18. The summed E-state index contributed by atoms with van der Waals surface area (Å²) >= 11 is 6.16. The lowest BCUT2D eigenvalue weighted by Crippen LogP contribution is -2.41. The molecule has 0 radical (unpaired) electrons. The Hall–Kier alpha value is -2.54. The third-order valence-corrected chi connectivity index (χ3v) is 5.34. The molecular formula is C19H23ClN4O3. The van der Waals surface area contributed by atoms with Crippen molar-refractivity contribution in [1.29, 1.82) is 0 Å². The van der Waals surface area contributed by atoms with Crippen molar-refractivity contribution in [1.82, 2.24) is 14.0 Å². The summed E-state index contributed by atoms with van der Waals surface area (Å²) in [6.45, 7) is 2.41. The van der Waals surface area contributed by atoms with Crippen LogP contribution >= 0.6 is 11.6 Å². The number of halogens is 1. The molecule has 0 N–H and O–H groups in total. The van der Waals surface area contributed by atoms with E-state index in [9.17, 15) is 14.4 Å². The summed E-state index contributed by atoms with van der Waals surface area (Å²) in [5.41, 5.74) is 0.136. The van der Waals surface area contributed by atoms with Gasteiger partial charge in [0.05, 0.1) is 6.42 Å². The molecule has 8 heteroatoms. The lowest BCUT2D eigenvalue weighted by Gasteiger charge is -2.25. The summed E-state index contributed by atoms with van der Waals surface area (Å²) in [6, 6.07) is 8.83. The van der Waals surface area contributed by atoms with E-state index in [-0.39, 0.29) is 23.6 Å². The van der Waals surface area contributed by atoms with Crippen LogP contribution in [0.2, 0.25) is 5.02 Å². The Labute approximate surface area is 162 Å². The maximum atomic E-state index is 12.7. The van der Waals surface area contributed by atoms with Gasteiger partial charge in [0.2, 0.25) is 5.91 Å². The second kappa shape index (κ2) is 8.00. The molecule has 7 nitrogen and oxygen atoms in total. The molecule has 0 bridgehead atoms. The molecule has 144 valence electrons. The highest BCUT2D eigenvalue weighted by molar-refractivity contribution is 6.31. The molecule has 0 unspecified atom stereocenters. The van der Waals surface area contributed by atoms with Crippen molar-refractivity contribution in [3.05, 3.63) is 61.8 Å². The maximum Gasteiger partial charge on any atom is 0.332 e. The number of carbonyl (C=O) groups is 1. The van der Waals surface area contributed by atoms with E-state index in [4.69, 9.17) is 11.6 Å². The van der Waals surface area contributed by atoms with Crippen LogP contribution in [0.25, 0.3) is 0 Å². The number of benzene rings is 1. The standard InChI is InChI=1S/C19H23ClN4O3/c1-21-16(13-17(25)22(2)19(21)27)23-8-5-9-24(11-10-23)18(26)12-14-6-3-4-7-15(14)20/h3-4,6-7,13H,5,8-12H2,1-2H3. The molecule has 1 amide bonds. The SMILES string of the molecule is Cn1c(N2CCCN(C(=O)Cc3ccccc3Cl)CC2)cc(=O)n(C)c1=O. The van der Waals surface area contributed by atoms with Crippen LogP contribution in [0.5, 0.6) is 0 Å². The molecule has 1 aliphatic heterocycles. The highest BCUT2D eigenvalue weighted by Gasteiger charge is 2.22. The van der Waals surface area contributed by atoms with Gasteiger partial charge in [-0.15, -0.1) is 0 Å². The second-order valence-corrected chi connectivity index (χ2v) is 7.14. The number of carbonyl (C=O) groups excluding carboxylic acids is 1. The Balaban J connectivity index is 1.73. The first kappa shape index (κ1) is 19.2. The Morgan fingerprint density at radius 2 is 1.78 bits per heavy atom. The molecule has 1 aliphatic rings. The first-order valence-electron chi connectivity index (χ1n) is 8.91. The second-order valence-electron chi connectivity index (χ2n) is 6.73. The molecule has 0 saturated carbocycles. The van der Waals surface area contributed by atoms with Gasteiger partial charge < -0.3 is 9.80 Å². The van der Waals surface area contributed by atoms with E-state index in [0.717, 1.165) is 16.6 Å². The lowest BCUT2D eigenvalue weighted by molar-refractivity contribution is -0.130. The highest BCUT2D eigenvalue weighted by atomic mass is 35.5. The van der Waals surface area contributed by atoms with Gasteiger partial charge in [0.25, 0.3) is 5.56 Å². The van der Waals surface area contributed by atoms with Gasteiger partial charge in [0.1, 0.15) is 5.82 Å². The van der Waals surface area contributed by atoms with Gasteiger partial charge in [-0.3, -0.25) is 18.7 Å². The van der Waals surface area contributed by atoms with Crippen LogP contribution in [0.1, 0.15) is 12.0 Å². The van der Waals surface area contributed by atoms with Gasteiger partial charge in [-0.2, -0.15) is 0 Å². The minimum absolute atomic E-state index is 0.0304. The first-order chi connectivity index (χ1) is 12.9. The van der Waals surface area contributed by atoms with Crippen molar-refractivity contribution in [2.75, 3.05) is 31.1 Å². The molecule has 3 rings (SSSR count). The first-order valence-corrected chi connectivity index (χ1v) is 9.29. The van der Waals surface area contributed by atoms with E-state index in [0.29, 0.717) is 37.0 Å². The van der Waals surface area contributed by atoms with E-state index < -0.39 is 0 Å². The summed E-state index contributed by atoms with van der Waals surface area (Å²) in [5, 5.41) is 0.595. The zero-order valence-electron chi connectivity index (χ0n) is 15.5. The van der Waals surface area contributed by atoms with E-state index in [1.54, 1.807) is 13.1 Å². The number of aromatic nitrogens is 2. The molecule has 1 aromatic carbocycles. The lowest BCUT2D eigenvalue weighted by atomic mass is 10.1. The number of hydrogen-bond acceptors (Lipinski definition) is 4. The van der Waals surface area contributed by atoms with Crippen molar-refractivity contribution in [2.24, 2.45) is 14.1 Å². The minimum atomic E-state index is -0.353. The van der Waals surface area contributed by atoms with E-state index in [1.165, 1.54) is 17.7 Å². The Morgan fingerprint density at radius 3 is 2.52 bits per heavy atom. The van der Waals surface area contributed by atoms with E-state index >= 15 is 0 Å². The maximum absolute atomic E-state index is 12.7. The average Bonchev–Trinajstić information content (AvgIpc) is 2.91. The van der Waals surface area contributed by atoms with E-state index in [1.807, 2.05) is 28.0 Å². The minimum Gasteiger partial charge on any atom is -0.356 e. The Bertz CT molecular complexity index is 966. The Kier molecular flexibility index (Phi) is 5.70. The fourth-order valence-corrected chi connectivity index (χ4v) is 3.54. The largest absolute Gasteiger partial charge is 0.356 e. The molecule has 2 aromatic rings. The van der Waals surface area contributed by atoms with Crippen molar-refractivity contribution in [2.45, 2.75) is 12.8 Å². The molecule has 27 heavy (non-hydrogen) atoms. The fourth-order valence-electron chi connectivity index (χ4n) is 3.34. The zero-order chi connectivity index (χ0) is 19.6. The van der Waals surface area contributed by atoms with Crippen LogP contribution in [0, 0.1) is 0 Å². The van der Waals surface area contributed by atoms with Gasteiger partial charge >= 0.3 is 5.69 Å². The summed E-state index contributed by atoms with van der Waals surface area (Å²) < 4.78 is 2.56. The van der Waals surface area contributed by atoms with Crippen LogP contribution in [0.3, 0.4) is 0 Å². The molecule has 0 aliphatic carbocycles. The fraction of sp³-hybridized carbons (Fsp3) is 0.421. The normalized spacial score (nSPS) is 14.9. The van der Waals surface area contributed by atoms with E-state index in [2.05, 4.69) is 0 Å². The number of amides is 1. The van der Waals surface area contributed by atoms with Crippen LogP contribution in [-0.4, -0.2) is 46.1 Å². The van der Waals surface area contributed by atoms with Crippen molar-refractivity contribution in [3.63, 3.8) is 0 Å². The van der Waals surface area contributed by atoms with Crippen molar-refractivity contribution in [3.8, 4) is 0 Å². The smallest absolute Gasteiger partial charge is 0.332 e. The van der Waals surface area contributed by atoms with Crippen LogP contribution in [0.15, 0.2) is 39.9 Å². The molecule has 2 heterocycles. The molecule has 0 atom stereocenters. The third kappa shape index (κ3) is 4.08. The van der Waals surface area contributed by atoms with Gasteiger partial charge in [-0.05, 0) is 18.1 Å². The molecule has 0 spiro atoms. The number of rotatable bonds is 3. The molecule has 1 aromatic heterocycles. The summed E-state index contributed by atoms with van der Waals surface area (Å²) in [6.07, 6.45) is 1.03. The third-order valence-electron chi connectivity index (χ3n) is 4.97. The van der Waals surface area contributed by atoms with Crippen LogP contribution in [0.4, 0.5) is 5.82 Å². The average molecular weight is 391 g/mol. The van der Waals surface area contributed by atoms with Gasteiger partial charge in [-0.1, -0.05) is 29.8 Å². The molecule has 1 saturated heterocycles. The zero-order valence-corrected chi connectivity index (χ0v) is 16.3. The van der Waals surface area contributed by atoms with Gasteiger partial charge in [-0.25, -0.2) is 4.79 Å². The van der Waals surface area contributed by atoms with Crippen LogP contribution in [-0.2, 0) is 25.3 Å². The topological polar surface area (TPSA) is 67.5 Å². The number of nitrogens with zero attached hydrogens (tertiary/aromatic N) is 4. The monoisotopic (exact) mass is 390 g/mol. The predicted molar refractivity (Wildman–Crippen MR) is 105 cm³/mol. The molecule has 1 fully saturated rings. The Morgan fingerprint density at radius 1 is 1.04 bits per heavy atom. The summed E-state index contributed by atoms with van der Waals surface area (Å²) in [7, 11) is 3.12. The predicted octanol–water partition coefficient (Wildman–Crippen LogP) is 1.02. The molecular weight excluding hydrogens is 368 g/mol. The van der Waals surface area contributed by atoms with Crippen molar-refractivity contribution < 1.29 is 4.79 Å². The van der Waals surface area contributed by atoms with Gasteiger partial charge in [0, 0.05) is 51.4 Å². The van der Waals surface area contributed by atoms with Crippen molar-refractivity contribution >= 4 is 23.3 Å². The quantitative estimate of drug-likeness (QED) is 0.784. The summed E-state index contributed by atoms with van der Waals surface area (Å²) in [4.78, 5) is 40.7. The van der Waals surface area contributed by atoms with Crippen LogP contribution < -0.4 is 16.1 Å². The number of hydrogen-bond donors (Lipinski definition) is 0. The number of anilines is 1. The van der Waals surface area contributed by atoms with Gasteiger partial charge in [0.15, 0.2) is 0 Å².